The van der Waals surface area contributed by atoms with Crippen molar-refractivity contribution in [1.29, 1.82) is 0 Å². The van der Waals surface area contributed by atoms with Crippen molar-refractivity contribution in [2.24, 2.45) is 5.92 Å². The number of amides is 1. The van der Waals surface area contributed by atoms with Crippen LogP contribution in [0.15, 0.2) is 54.6 Å². The molecule has 0 unspecified atom stereocenters. The first-order chi connectivity index (χ1) is 15.6. The minimum absolute atomic E-state index is 0.0500. The quantitative estimate of drug-likeness (QED) is 0.562. The number of aromatic nitrogens is 2. The molecule has 1 amide bonds. The van der Waals surface area contributed by atoms with Crippen LogP contribution in [0.1, 0.15) is 25.7 Å². The smallest absolute Gasteiger partial charge is 0.257 e. The molecule has 2 aromatic carbocycles. The molecule has 1 aliphatic carbocycles. The topological polar surface area (TPSA) is 79.4 Å². The number of anilines is 2. The highest BCUT2D eigenvalue weighted by molar-refractivity contribution is 5.90. The summed E-state index contributed by atoms with van der Waals surface area (Å²) in [5.74, 6) is 2.73. The summed E-state index contributed by atoms with van der Waals surface area (Å²) >= 11 is 0. The fourth-order valence-electron chi connectivity index (χ4n) is 4.13. The molecular formula is C25H31N5O2. The molecule has 0 bridgehead atoms. The Balaban J connectivity index is 1.24. The van der Waals surface area contributed by atoms with Crippen molar-refractivity contribution < 1.29 is 9.53 Å². The molecule has 2 N–H and O–H groups in total. The van der Waals surface area contributed by atoms with Crippen LogP contribution in [0.25, 0.3) is 10.9 Å². The molecule has 0 radical (unpaired) electrons. The molecule has 0 aliphatic heterocycles. The summed E-state index contributed by atoms with van der Waals surface area (Å²) in [6, 6.07) is 17.8. The first-order valence-corrected chi connectivity index (χ1v) is 11.2. The minimum Gasteiger partial charge on any atom is -0.484 e. The standard InChI is InChI=1S/C25H31N5O2/c1-30(2)24-21-10-6-7-11-22(21)28-25(29-24)27-19-14-12-18(13-15-19)16-26-23(31)17-32-20-8-4-3-5-9-20/h3-11,18-19H,12-17H2,1-2H3,(H,26,31)(H,27,28,29)/t18-,19+. The lowest BCUT2D eigenvalue weighted by molar-refractivity contribution is -0.123. The fraction of sp³-hybridized carbons (Fsp3) is 0.400. The van der Waals surface area contributed by atoms with Gasteiger partial charge in [-0.1, -0.05) is 30.3 Å². The maximum atomic E-state index is 12.1. The second kappa shape index (κ2) is 10.3. The van der Waals surface area contributed by atoms with Gasteiger partial charge in [0.05, 0.1) is 5.52 Å². The van der Waals surface area contributed by atoms with Crippen molar-refractivity contribution in [2.45, 2.75) is 31.7 Å². The molecule has 7 nitrogen and oxygen atoms in total. The summed E-state index contributed by atoms with van der Waals surface area (Å²) in [7, 11) is 4.01. The van der Waals surface area contributed by atoms with E-state index in [1.807, 2.05) is 67.5 Å². The van der Waals surface area contributed by atoms with Gasteiger partial charge in [-0.25, -0.2) is 4.98 Å². The van der Waals surface area contributed by atoms with Gasteiger partial charge in [0.1, 0.15) is 11.6 Å². The van der Waals surface area contributed by atoms with Gasteiger partial charge >= 0.3 is 0 Å². The number of ether oxygens (including phenoxy) is 1. The molecule has 1 heterocycles. The Morgan fingerprint density at radius 1 is 1.00 bits per heavy atom. The Kier molecular flexibility index (Phi) is 7.04. The Labute approximate surface area is 189 Å². The molecule has 7 heteroatoms. The molecule has 0 spiro atoms. The molecule has 1 fully saturated rings. The van der Waals surface area contributed by atoms with Gasteiger partial charge in [-0.05, 0) is 55.9 Å². The number of rotatable bonds is 8. The van der Waals surface area contributed by atoms with Gasteiger partial charge in [-0.3, -0.25) is 4.79 Å². The molecule has 1 aromatic heterocycles. The van der Waals surface area contributed by atoms with Gasteiger partial charge in [0, 0.05) is 32.1 Å². The van der Waals surface area contributed by atoms with Gasteiger partial charge in [0.25, 0.3) is 5.91 Å². The molecule has 32 heavy (non-hydrogen) atoms. The van der Waals surface area contributed by atoms with Crippen molar-refractivity contribution in [3.05, 3.63) is 54.6 Å². The predicted molar refractivity (Wildman–Crippen MR) is 128 cm³/mol. The average Bonchev–Trinajstić information content (AvgIpc) is 2.82. The molecule has 0 atom stereocenters. The highest BCUT2D eigenvalue weighted by Crippen LogP contribution is 2.28. The number of nitrogens with one attached hydrogen (secondary N) is 2. The second-order valence-corrected chi connectivity index (χ2v) is 8.55. The van der Waals surface area contributed by atoms with Crippen LogP contribution >= 0.6 is 0 Å². The zero-order chi connectivity index (χ0) is 22.3. The van der Waals surface area contributed by atoms with Crippen molar-refractivity contribution in [3.63, 3.8) is 0 Å². The van der Waals surface area contributed by atoms with Crippen molar-refractivity contribution in [3.8, 4) is 5.75 Å². The maximum absolute atomic E-state index is 12.1. The molecule has 1 aliphatic rings. The van der Waals surface area contributed by atoms with E-state index in [0.717, 1.165) is 42.4 Å². The molecule has 3 aromatic rings. The largest absolute Gasteiger partial charge is 0.484 e. The Bertz CT molecular complexity index is 1030. The number of carbonyl (C=O) groups is 1. The summed E-state index contributed by atoms with van der Waals surface area (Å²) in [5.41, 5.74) is 0.947. The van der Waals surface area contributed by atoms with E-state index in [2.05, 4.69) is 16.7 Å². The van der Waals surface area contributed by atoms with Crippen LogP contribution < -0.4 is 20.3 Å². The van der Waals surface area contributed by atoms with Crippen molar-refractivity contribution in [1.82, 2.24) is 15.3 Å². The van der Waals surface area contributed by atoms with E-state index in [0.29, 0.717) is 30.2 Å². The zero-order valence-corrected chi connectivity index (χ0v) is 18.8. The van der Waals surface area contributed by atoms with Crippen LogP contribution in [0.4, 0.5) is 11.8 Å². The van der Waals surface area contributed by atoms with Crippen molar-refractivity contribution in [2.75, 3.05) is 37.5 Å². The first kappa shape index (κ1) is 21.9. The third-order valence-electron chi connectivity index (χ3n) is 5.89. The van der Waals surface area contributed by atoms with E-state index in [9.17, 15) is 4.79 Å². The van der Waals surface area contributed by atoms with Crippen LogP contribution in [0.5, 0.6) is 5.75 Å². The lowest BCUT2D eigenvalue weighted by Gasteiger charge is -2.29. The number of carbonyl (C=O) groups excluding carboxylic acids is 1. The summed E-state index contributed by atoms with van der Waals surface area (Å²) in [5, 5.41) is 7.60. The van der Waals surface area contributed by atoms with Gasteiger partial charge in [0.2, 0.25) is 5.95 Å². The summed E-state index contributed by atoms with van der Waals surface area (Å²) in [6.45, 7) is 0.745. The van der Waals surface area contributed by atoms with E-state index in [1.165, 1.54) is 0 Å². The number of hydrogen-bond acceptors (Lipinski definition) is 6. The number of nitrogens with zero attached hydrogens (tertiary/aromatic N) is 3. The zero-order valence-electron chi connectivity index (χ0n) is 18.8. The number of para-hydroxylation sites is 2. The van der Waals surface area contributed by atoms with Gasteiger partial charge < -0.3 is 20.3 Å². The Morgan fingerprint density at radius 2 is 1.72 bits per heavy atom. The van der Waals surface area contributed by atoms with E-state index in [4.69, 9.17) is 14.7 Å². The average molecular weight is 434 g/mol. The molecule has 168 valence electrons. The van der Waals surface area contributed by atoms with E-state index >= 15 is 0 Å². The Hall–Kier alpha value is -3.35. The maximum Gasteiger partial charge on any atom is 0.257 e. The fourth-order valence-corrected chi connectivity index (χ4v) is 4.13. The van der Waals surface area contributed by atoms with E-state index in [-0.39, 0.29) is 12.5 Å². The third-order valence-corrected chi connectivity index (χ3v) is 5.89. The highest BCUT2D eigenvalue weighted by atomic mass is 16.5. The second-order valence-electron chi connectivity index (χ2n) is 8.55. The van der Waals surface area contributed by atoms with Crippen molar-refractivity contribution >= 4 is 28.6 Å². The normalized spacial score (nSPS) is 18.2. The number of hydrogen-bond donors (Lipinski definition) is 2. The van der Waals surface area contributed by atoms with Crippen LogP contribution in [0.3, 0.4) is 0 Å². The van der Waals surface area contributed by atoms with Gasteiger partial charge in [-0.15, -0.1) is 0 Å². The SMILES string of the molecule is CN(C)c1nc(N[C@H]2CC[C@@H](CNC(=O)COc3ccccc3)CC2)nc2ccccc12. The van der Waals surface area contributed by atoms with Crippen LogP contribution in [-0.4, -0.2) is 49.2 Å². The van der Waals surface area contributed by atoms with E-state index in [1.54, 1.807) is 0 Å². The molecule has 0 saturated heterocycles. The summed E-state index contributed by atoms with van der Waals surface area (Å²) < 4.78 is 5.51. The summed E-state index contributed by atoms with van der Waals surface area (Å²) in [4.78, 5) is 23.6. The first-order valence-electron chi connectivity index (χ1n) is 11.2. The molecule has 1 saturated carbocycles. The van der Waals surface area contributed by atoms with Gasteiger partial charge in [-0.2, -0.15) is 4.98 Å². The molecular weight excluding hydrogens is 402 g/mol. The van der Waals surface area contributed by atoms with Crippen LogP contribution in [0, 0.1) is 5.92 Å². The Morgan fingerprint density at radius 3 is 2.47 bits per heavy atom. The van der Waals surface area contributed by atoms with E-state index < -0.39 is 0 Å². The number of benzene rings is 2. The monoisotopic (exact) mass is 433 g/mol. The summed E-state index contributed by atoms with van der Waals surface area (Å²) in [6.07, 6.45) is 4.19. The minimum atomic E-state index is -0.0742. The lowest BCUT2D eigenvalue weighted by atomic mass is 9.86. The van der Waals surface area contributed by atoms with Crippen LogP contribution in [-0.2, 0) is 4.79 Å². The number of fused-ring (bicyclic) bond motifs is 1. The molecule has 4 rings (SSSR count). The van der Waals surface area contributed by atoms with Gasteiger partial charge in [0.15, 0.2) is 6.61 Å². The predicted octanol–water partition coefficient (Wildman–Crippen LogP) is 3.86. The van der Waals surface area contributed by atoms with Crippen LogP contribution in [0.2, 0.25) is 0 Å². The lowest BCUT2D eigenvalue weighted by Crippen LogP contribution is -2.36. The highest BCUT2D eigenvalue weighted by Gasteiger charge is 2.22. The third kappa shape index (κ3) is 5.66.